The molecule has 1 nitrogen and oxygen atoms in total. The summed E-state index contributed by atoms with van der Waals surface area (Å²) in [6.07, 6.45) is 0. The number of benzene rings is 1. The van der Waals surface area contributed by atoms with Crippen LogP contribution in [0.2, 0.25) is 15.1 Å². The van der Waals surface area contributed by atoms with Crippen molar-refractivity contribution < 1.29 is 4.74 Å². The minimum atomic E-state index is -0.490. The Bertz CT molecular complexity index is 288. The molecule has 0 aromatic heterocycles. The lowest BCUT2D eigenvalue weighted by molar-refractivity contribution is 0.301. The van der Waals surface area contributed by atoms with Crippen LogP contribution in [-0.2, 0) is 0 Å². The van der Waals surface area contributed by atoms with E-state index < -0.39 is 5.56 Å². The maximum absolute atomic E-state index is 5.83. The molecule has 0 bridgehead atoms. The summed E-state index contributed by atoms with van der Waals surface area (Å²) in [4.78, 5) is 0. The first kappa shape index (κ1) is 11.3. The molecule has 13 heavy (non-hydrogen) atoms. The molecule has 0 aliphatic carbocycles. The standard InChI is InChI=1S/C8H6Cl4O/c1-4(9)13-8-6(11)2-5(10)3-7(8)12/h2-4H,1H3/t4-/m0/s1. The Hall–Kier alpha value is 0.180. The molecule has 0 aliphatic heterocycles. The van der Waals surface area contributed by atoms with E-state index in [1.165, 1.54) is 0 Å². The van der Waals surface area contributed by atoms with E-state index in [1.807, 2.05) is 0 Å². The van der Waals surface area contributed by atoms with E-state index >= 15 is 0 Å². The van der Waals surface area contributed by atoms with Crippen LogP contribution >= 0.6 is 46.4 Å². The van der Waals surface area contributed by atoms with Gasteiger partial charge in [-0.05, 0) is 19.1 Å². The number of hydrogen-bond donors (Lipinski definition) is 0. The second-order valence-electron chi connectivity index (χ2n) is 2.36. The van der Waals surface area contributed by atoms with E-state index in [0.717, 1.165) is 0 Å². The van der Waals surface area contributed by atoms with Gasteiger partial charge in [0, 0.05) is 5.02 Å². The largest absolute Gasteiger partial charge is 0.472 e. The van der Waals surface area contributed by atoms with Crippen molar-refractivity contribution >= 4 is 46.4 Å². The summed E-state index contributed by atoms with van der Waals surface area (Å²) < 4.78 is 5.17. The van der Waals surface area contributed by atoms with E-state index in [4.69, 9.17) is 51.1 Å². The third-order valence-electron chi connectivity index (χ3n) is 1.24. The SMILES string of the molecule is C[C@@H](Cl)Oc1c(Cl)cc(Cl)cc1Cl. The Kier molecular flexibility index (Phi) is 3.99. The monoisotopic (exact) mass is 258 g/mol. The molecule has 72 valence electrons. The van der Waals surface area contributed by atoms with E-state index in [2.05, 4.69) is 0 Å². The van der Waals surface area contributed by atoms with Crippen molar-refractivity contribution in [3.05, 3.63) is 27.2 Å². The van der Waals surface area contributed by atoms with Gasteiger partial charge in [-0.25, -0.2) is 0 Å². The molecule has 1 rings (SSSR count). The molecular formula is C8H6Cl4O. The highest BCUT2D eigenvalue weighted by Gasteiger charge is 2.10. The van der Waals surface area contributed by atoms with Gasteiger partial charge >= 0.3 is 0 Å². The smallest absolute Gasteiger partial charge is 0.169 e. The second kappa shape index (κ2) is 4.61. The van der Waals surface area contributed by atoms with Crippen LogP contribution in [0.15, 0.2) is 12.1 Å². The third-order valence-corrected chi connectivity index (χ3v) is 2.11. The third kappa shape index (κ3) is 3.10. The van der Waals surface area contributed by atoms with Gasteiger partial charge in [0.05, 0.1) is 10.0 Å². The van der Waals surface area contributed by atoms with Gasteiger partial charge in [0.2, 0.25) is 0 Å². The Morgan fingerprint density at radius 3 is 2.00 bits per heavy atom. The fourth-order valence-corrected chi connectivity index (χ4v) is 1.80. The van der Waals surface area contributed by atoms with Crippen LogP contribution in [0.1, 0.15) is 6.92 Å². The lowest BCUT2D eigenvalue weighted by atomic mass is 10.3. The van der Waals surface area contributed by atoms with Crippen molar-refractivity contribution in [3.8, 4) is 5.75 Å². The first-order valence-electron chi connectivity index (χ1n) is 3.46. The highest BCUT2D eigenvalue weighted by Crippen LogP contribution is 2.36. The first-order valence-corrected chi connectivity index (χ1v) is 5.03. The fourth-order valence-electron chi connectivity index (χ4n) is 0.804. The molecule has 0 saturated heterocycles. The van der Waals surface area contributed by atoms with Gasteiger partial charge in [-0.1, -0.05) is 46.4 Å². The van der Waals surface area contributed by atoms with Gasteiger partial charge in [-0.15, -0.1) is 0 Å². The molecule has 0 N–H and O–H groups in total. The summed E-state index contributed by atoms with van der Waals surface area (Å²) in [5.41, 5.74) is -0.490. The van der Waals surface area contributed by atoms with Crippen LogP contribution in [0.3, 0.4) is 0 Å². The van der Waals surface area contributed by atoms with Crippen LogP contribution in [-0.4, -0.2) is 5.56 Å². The Morgan fingerprint density at radius 2 is 1.62 bits per heavy atom. The molecule has 1 aromatic rings. The van der Waals surface area contributed by atoms with E-state index in [1.54, 1.807) is 19.1 Å². The number of halogens is 4. The molecule has 0 radical (unpaired) electrons. The zero-order valence-corrected chi connectivity index (χ0v) is 9.68. The van der Waals surface area contributed by atoms with Crippen LogP contribution in [0.4, 0.5) is 0 Å². The molecule has 0 saturated carbocycles. The van der Waals surface area contributed by atoms with E-state index in [0.29, 0.717) is 20.8 Å². The zero-order valence-electron chi connectivity index (χ0n) is 6.65. The molecule has 0 heterocycles. The summed E-state index contributed by atoms with van der Waals surface area (Å²) in [6.45, 7) is 1.67. The number of alkyl halides is 1. The Balaban J connectivity index is 3.06. The van der Waals surface area contributed by atoms with Crippen LogP contribution in [0.25, 0.3) is 0 Å². The molecule has 1 atom stereocenters. The molecule has 0 unspecified atom stereocenters. The molecule has 0 aliphatic rings. The van der Waals surface area contributed by atoms with Gasteiger partial charge < -0.3 is 4.74 Å². The number of hydrogen-bond acceptors (Lipinski definition) is 1. The quantitative estimate of drug-likeness (QED) is 0.705. The zero-order chi connectivity index (χ0) is 10.0. The van der Waals surface area contributed by atoms with Crippen LogP contribution < -0.4 is 4.74 Å². The predicted molar refractivity (Wildman–Crippen MR) is 57.4 cm³/mol. The summed E-state index contributed by atoms with van der Waals surface area (Å²) in [7, 11) is 0. The number of ether oxygens (including phenoxy) is 1. The molecule has 0 fully saturated rings. The Morgan fingerprint density at radius 1 is 1.15 bits per heavy atom. The average Bonchev–Trinajstić information content (AvgIpc) is 1.96. The van der Waals surface area contributed by atoms with Crippen LogP contribution in [0.5, 0.6) is 5.75 Å². The lowest BCUT2D eigenvalue weighted by Crippen LogP contribution is -2.03. The number of rotatable bonds is 2. The topological polar surface area (TPSA) is 9.23 Å². The van der Waals surface area contributed by atoms with Crippen molar-refractivity contribution in [2.24, 2.45) is 0 Å². The van der Waals surface area contributed by atoms with Gasteiger partial charge in [0.1, 0.15) is 0 Å². The normalized spacial score (nSPS) is 12.7. The average molecular weight is 260 g/mol. The van der Waals surface area contributed by atoms with Crippen molar-refractivity contribution in [2.45, 2.75) is 12.5 Å². The minimum Gasteiger partial charge on any atom is -0.472 e. The van der Waals surface area contributed by atoms with Gasteiger partial charge in [0.25, 0.3) is 0 Å². The lowest BCUT2D eigenvalue weighted by Gasteiger charge is -2.11. The molecule has 0 spiro atoms. The maximum atomic E-state index is 5.83. The first-order chi connectivity index (χ1) is 6.00. The fraction of sp³-hybridized carbons (Fsp3) is 0.250. The van der Waals surface area contributed by atoms with Crippen molar-refractivity contribution in [1.82, 2.24) is 0 Å². The molecular weight excluding hydrogens is 254 g/mol. The predicted octanol–water partition coefficient (Wildman–Crippen LogP) is 4.61. The second-order valence-corrected chi connectivity index (χ2v) is 4.22. The van der Waals surface area contributed by atoms with E-state index in [9.17, 15) is 0 Å². The summed E-state index contributed by atoms with van der Waals surface area (Å²) in [5, 5.41) is 1.17. The maximum Gasteiger partial charge on any atom is 0.169 e. The van der Waals surface area contributed by atoms with Gasteiger partial charge in [-0.2, -0.15) is 0 Å². The summed E-state index contributed by atoms with van der Waals surface area (Å²) >= 11 is 23.0. The summed E-state index contributed by atoms with van der Waals surface area (Å²) in [5.74, 6) is 0.357. The van der Waals surface area contributed by atoms with Gasteiger partial charge in [-0.3, -0.25) is 0 Å². The van der Waals surface area contributed by atoms with E-state index in [-0.39, 0.29) is 0 Å². The van der Waals surface area contributed by atoms with Crippen molar-refractivity contribution in [3.63, 3.8) is 0 Å². The van der Waals surface area contributed by atoms with Crippen molar-refractivity contribution in [1.29, 1.82) is 0 Å². The Labute approximate surface area is 96.5 Å². The molecule has 1 aromatic carbocycles. The van der Waals surface area contributed by atoms with Gasteiger partial charge in [0.15, 0.2) is 11.3 Å². The minimum absolute atomic E-state index is 0.352. The molecule has 0 amide bonds. The highest BCUT2D eigenvalue weighted by atomic mass is 35.5. The highest BCUT2D eigenvalue weighted by molar-refractivity contribution is 6.40. The summed E-state index contributed by atoms with van der Waals surface area (Å²) in [6, 6.07) is 3.09. The molecule has 5 heteroatoms. The van der Waals surface area contributed by atoms with Crippen LogP contribution in [0, 0.1) is 0 Å². The van der Waals surface area contributed by atoms with Crippen molar-refractivity contribution in [2.75, 3.05) is 0 Å².